The first kappa shape index (κ1) is 12.0. The highest BCUT2D eigenvalue weighted by molar-refractivity contribution is 5.83. The first-order valence-corrected chi connectivity index (χ1v) is 6.10. The van der Waals surface area contributed by atoms with Gasteiger partial charge in [0.05, 0.1) is 12.7 Å². The third-order valence-electron chi connectivity index (χ3n) is 3.32. The van der Waals surface area contributed by atoms with Gasteiger partial charge in [-0.05, 0) is 17.7 Å². The van der Waals surface area contributed by atoms with Crippen molar-refractivity contribution in [2.45, 2.75) is 19.1 Å². The predicted octanol–water partition coefficient (Wildman–Crippen LogP) is 0.262. The molecular formula is C13H14N2O4. The smallest absolute Gasteiger partial charge is 0.231 e. The molecule has 3 rings (SSSR count). The minimum Gasteiger partial charge on any atom is -0.454 e. The van der Waals surface area contributed by atoms with Crippen molar-refractivity contribution in [1.29, 1.82) is 0 Å². The summed E-state index contributed by atoms with van der Waals surface area (Å²) < 4.78 is 10.6. The van der Waals surface area contributed by atoms with Crippen LogP contribution in [0.2, 0.25) is 0 Å². The molecule has 0 aliphatic carbocycles. The van der Waals surface area contributed by atoms with Crippen molar-refractivity contribution < 1.29 is 19.1 Å². The number of nitrogens with zero attached hydrogens (tertiary/aromatic N) is 1. The van der Waals surface area contributed by atoms with E-state index in [2.05, 4.69) is 5.32 Å². The number of carbonyl (C=O) groups is 2. The molecule has 2 aliphatic heterocycles. The third kappa shape index (κ3) is 2.39. The van der Waals surface area contributed by atoms with Crippen LogP contribution in [0.25, 0.3) is 0 Å². The van der Waals surface area contributed by atoms with Crippen LogP contribution >= 0.6 is 0 Å². The molecule has 0 radical (unpaired) electrons. The van der Waals surface area contributed by atoms with E-state index in [0.717, 1.165) is 17.1 Å². The number of Topliss-reactive ketones (excluding diaryl/α,β-unsaturated/α-hetero) is 1. The van der Waals surface area contributed by atoms with Gasteiger partial charge < -0.3 is 14.8 Å². The van der Waals surface area contributed by atoms with Crippen LogP contribution in [-0.4, -0.2) is 36.6 Å². The number of hydrogen-bond donors (Lipinski definition) is 1. The lowest BCUT2D eigenvalue weighted by Gasteiger charge is -2.22. The van der Waals surface area contributed by atoms with Gasteiger partial charge in [-0.1, -0.05) is 6.07 Å². The zero-order chi connectivity index (χ0) is 13.2. The normalized spacial score (nSPS) is 21.7. The zero-order valence-electron chi connectivity index (χ0n) is 10.3. The van der Waals surface area contributed by atoms with E-state index in [0.29, 0.717) is 25.9 Å². The number of hydrogen-bond acceptors (Lipinski definition) is 5. The van der Waals surface area contributed by atoms with Crippen LogP contribution in [0.3, 0.4) is 0 Å². The summed E-state index contributed by atoms with van der Waals surface area (Å²) in [5.41, 5.74) is 1.02. The number of benzene rings is 1. The topological polar surface area (TPSA) is 67.9 Å². The molecule has 1 saturated heterocycles. The van der Waals surface area contributed by atoms with Crippen molar-refractivity contribution in [3.8, 4) is 11.5 Å². The number of amides is 1. The molecule has 6 heteroatoms. The van der Waals surface area contributed by atoms with Crippen LogP contribution < -0.4 is 14.8 Å². The number of rotatable bonds is 4. The third-order valence-corrected chi connectivity index (χ3v) is 3.32. The van der Waals surface area contributed by atoms with Crippen LogP contribution in [0.5, 0.6) is 11.5 Å². The molecule has 0 bridgehead atoms. The number of fused-ring (bicyclic) bond motifs is 1. The summed E-state index contributed by atoms with van der Waals surface area (Å²) in [7, 11) is 0. The molecule has 1 atom stereocenters. The van der Waals surface area contributed by atoms with E-state index < -0.39 is 0 Å². The maximum atomic E-state index is 11.5. The molecule has 0 aromatic heterocycles. The molecule has 100 valence electrons. The Labute approximate surface area is 110 Å². The predicted molar refractivity (Wildman–Crippen MR) is 65.6 cm³/mol. The molecule has 1 N–H and O–H groups in total. The highest BCUT2D eigenvalue weighted by Gasteiger charge is 2.30. The van der Waals surface area contributed by atoms with E-state index in [1.54, 1.807) is 0 Å². The summed E-state index contributed by atoms with van der Waals surface area (Å²) in [5.74, 6) is 1.60. The molecule has 1 fully saturated rings. The van der Waals surface area contributed by atoms with Gasteiger partial charge in [-0.25, -0.2) is 0 Å². The van der Waals surface area contributed by atoms with Crippen LogP contribution in [0.4, 0.5) is 0 Å². The monoisotopic (exact) mass is 262 g/mol. The summed E-state index contributed by atoms with van der Waals surface area (Å²) in [4.78, 5) is 23.9. The lowest BCUT2D eigenvalue weighted by Crippen LogP contribution is -2.39. The largest absolute Gasteiger partial charge is 0.454 e. The summed E-state index contributed by atoms with van der Waals surface area (Å²) >= 11 is 0. The second-order valence-corrected chi connectivity index (χ2v) is 4.64. The van der Waals surface area contributed by atoms with Crippen LogP contribution in [0.1, 0.15) is 12.0 Å². The Hall–Kier alpha value is -2.08. The lowest BCUT2D eigenvalue weighted by atomic mass is 10.2. The Kier molecular flexibility index (Phi) is 3.08. The fourth-order valence-electron chi connectivity index (χ4n) is 2.43. The number of nitrogens with one attached hydrogen (secondary N) is 1. The Morgan fingerprint density at radius 3 is 3.05 bits per heavy atom. The summed E-state index contributed by atoms with van der Waals surface area (Å²) in [6.07, 6.45) is 0.787. The molecule has 1 aromatic carbocycles. The highest BCUT2D eigenvalue weighted by atomic mass is 16.7. The maximum Gasteiger partial charge on any atom is 0.231 e. The van der Waals surface area contributed by atoms with E-state index in [1.165, 1.54) is 0 Å². The van der Waals surface area contributed by atoms with Crippen molar-refractivity contribution in [2.24, 2.45) is 0 Å². The summed E-state index contributed by atoms with van der Waals surface area (Å²) in [6.45, 7) is 1.20. The summed E-state index contributed by atoms with van der Waals surface area (Å²) in [6, 6.07) is 5.70. The molecule has 2 aliphatic rings. The first-order valence-electron chi connectivity index (χ1n) is 6.10. The van der Waals surface area contributed by atoms with E-state index in [4.69, 9.17) is 9.47 Å². The Morgan fingerprint density at radius 2 is 2.21 bits per heavy atom. The average Bonchev–Trinajstić information content (AvgIpc) is 2.97. The van der Waals surface area contributed by atoms with Gasteiger partial charge >= 0.3 is 0 Å². The molecule has 1 aromatic rings. The summed E-state index contributed by atoms with van der Waals surface area (Å²) in [5, 5.41) is 2.67. The van der Waals surface area contributed by atoms with E-state index >= 15 is 0 Å². The number of ether oxygens (including phenoxy) is 2. The van der Waals surface area contributed by atoms with Crippen LogP contribution in [-0.2, 0) is 16.1 Å². The first-order chi connectivity index (χ1) is 9.26. The molecule has 19 heavy (non-hydrogen) atoms. The average molecular weight is 262 g/mol. The molecule has 6 nitrogen and oxygen atoms in total. The van der Waals surface area contributed by atoms with Crippen molar-refractivity contribution >= 4 is 12.2 Å². The van der Waals surface area contributed by atoms with E-state index in [-0.39, 0.29) is 18.7 Å². The second-order valence-electron chi connectivity index (χ2n) is 4.64. The molecule has 2 heterocycles. The molecule has 1 amide bonds. The standard InChI is InChI=1S/C13H14N2O4/c16-7-14-13-4-10(17)6-15(13)5-9-1-2-11-12(3-9)19-8-18-11/h1-3,7,13H,4-6,8H2,(H,14,16)/t13-/m0/s1. The molecule has 0 spiro atoms. The zero-order valence-corrected chi connectivity index (χ0v) is 10.3. The van der Waals surface area contributed by atoms with Crippen molar-refractivity contribution in [1.82, 2.24) is 10.2 Å². The van der Waals surface area contributed by atoms with Gasteiger partial charge in [-0.3, -0.25) is 14.5 Å². The van der Waals surface area contributed by atoms with E-state index in [1.807, 2.05) is 23.1 Å². The number of ketones is 1. The Morgan fingerprint density at radius 1 is 1.37 bits per heavy atom. The molecular weight excluding hydrogens is 248 g/mol. The van der Waals surface area contributed by atoms with Crippen molar-refractivity contribution in [3.05, 3.63) is 23.8 Å². The highest BCUT2D eigenvalue weighted by Crippen LogP contribution is 2.33. The Bertz CT molecular complexity index is 517. The second kappa shape index (κ2) is 4.89. The van der Waals surface area contributed by atoms with Gasteiger partial charge in [0, 0.05) is 13.0 Å². The van der Waals surface area contributed by atoms with Gasteiger partial charge in [0.25, 0.3) is 0 Å². The quantitative estimate of drug-likeness (QED) is 0.788. The number of carbonyl (C=O) groups excluding carboxylic acids is 2. The minimum absolute atomic E-state index is 0.139. The Balaban J connectivity index is 1.73. The fraction of sp³-hybridized carbons (Fsp3) is 0.385. The van der Waals surface area contributed by atoms with Gasteiger partial charge in [0.2, 0.25) is 13.2 Å². The van der Waals surface area contributed by atoms with Gasteiger partial charge in [0.1, 0.15) is 5.78 Å². The van der Waals surface area contributed by atoms with Crippen LogP contribution in [0.15, 0.2) is 18.2 Å². The van der Waals surface area contributed by atoms with Gasteiger partial charge in [-0.15, -0.1) is 0 Å². The fourth-order valence-corrected chi connectivity index (χ4v) is 2.43. The van der Waals surface area contributed by atoms with Gasteiger partial charge in [0.15, 0.2) is 11.5 Å². The molecule has 0 unspecified atom stereocenters. The maximum absolute atomic E-state index is 11.5. The van der Waals surface area contributed by atoms with Crippen LogP contribution in [0, 0.1) is 0 Å². The lowest BCUT2D eigenvalue weighted by molar-refractivity contribution is -0.117. The van der Waals surface area contributed by atoms with Gasteiger partial charge in [-0.2, -0.15) is 0 Å². The van der Waals surface area contributed by atoms with E-state index in [9.17, 15) is 9.59 Å². The molecule has 0 saturated carbocycles. The minimum atomic E-state index is -0.213. The number of likely N-dealkylation sites (tertiary alicyclic amines) is 1. The van der Waals surface area contributed by atoms with Crippen molar-refractivity contribution in [3.63, 3.8) is 0 Å². The van der Waals surface area contributed by atoms with Crippen molar-refractivity contribution in [2.75, 3.05) is 13.3 Å². The SMILES string of the molecule is O=CN[C@@H]1CC(=O)CN1Cc1ccc2c(c1)OCO2.